The molecule has 0 radical (unpaired) electrons. The van der Waals surface area contributed by atoms with Gasteiger partial charge in [0, 0.05) is 30.8 Å². The minimum atomic E-state index is 0.558. The van der Waals surface area contributed by atoms with Gasteiger partial charge in [-0.3, -0.25) is 0 Å². The van der Waals surface area contributed by atoms with E-state index >= 15 is 0 Å². The summed E-state index contributed by atoms with van der Waals surface area (Å²) in [6, 6.07) is 0.558. The van der Waals surface area contributed by atoms with E-state index in [-0.39, 0.29) is 0 Å². The Labute approximate surface area is 113 Å². The smallest absolute Gasteiger partial charge is 0.135 e. The summed E-state index contributed by atoms with van der Waals surface area (Å²) in [6.07, 6.45) is 3.24. The maximum Gasteiger partial charge on any atom is 0.135 e. The lowest BCUT2D eigenvalue weighted by atomic mass is 10.2. The van der Waals surface area contributed by atoms with Gasteiger partial charge in [-0.05, 0) is 25.5 Å². The number of hydrogen-bond acceptors (Lipinski definition) is 5. The second-order valence-electron chi connectivity index (χ2n) is 4.67. The molecule has 5 heteroatoms. The highest BCUT2D eigenvalue weighted by Crippen LogP contribution is 2.25. The second-order valence-corrected chi connectivity index (χ2v) is 5.82. The summed E-state index contributed by atoms with van der Waals surface area (Å²) in [5, 5.41) is 6.73. The molecular formula is C13H22N4S. The fraction of sp³-hybridized carbons (Fsp3) is 0.692. The molecule has 0 spiro atoms. The molecule has 1 aliphatic rings. The van der Waals surface area contributed by atoms with Crippen molar-refractivity contribution in [1.82, 2.24) is 9.97 Å². The first kappa shape index (κ1) is 13.5. The molecule has 2 N–H and O–H groups in total. The van der Waals surface area contributed by atoms with E-state index in [1.807, 2.05) is 18.8 Å². The molecular weight excluding hydrogens is 244 g/mol. The van der Waals surface area contributed by atoms with E-state index in [0.717, 1.165) is 35.9 Å². The van der Waals surface area contributed by atoms with Crippen molar-refractivity contribution in [2.24, 2.45) is 0 Å². The summed E-state index contributed by atoms with van der Waals surface area (Å²) < 4.78 is 0. The predicted octanol–water partition coefficient (Wildman–Crippen LogP) is 2.70. The van der Waals surface area contributed by atoms with Crippen molar-refractivity contribution >= 4 is 23.4 Å². The summed E-state index contributed by atoms with van der Waals surface area (Å²) in [5.41, 5.74) is 1.12. The molecule has 2 rings (SSSR count). The molecule has 1 atom stereocenters. The molecule has 2 heterocycles. The normalized spacial score (nSPS) is 18.9. The summed E-state index contributed by atoms with van der Waals surface area (Å²) >= 11 is 2.01. The van der Waals surface area contributed by atoms with Gasteiger partial charge in [-0.2, -0.15) is 11.8 Å². The Morgan fingerprint density at radius 1 is 1.33 bits per heavy atom. The Balaban J connectivity index is 2.22. The fourth-order valence-corrected chi connectivity index (χ4v) is 3.28. The summed E-state index contributed by atoms with van der Waals surface area (Å²) in [4.78, 5) is 9.21. The van der Waals surface area contributed by atoms with Crippen LogP contribution in [0.3, 0.4) is 0 Å². The Kier molecular flexibility index (Phi) is 4.69. The molecule has 0 amide bonds. The molecule has 1 aromatic heterocycles. The van der Waals surface area contributed by atoms with Crippen molar-refractivity contribution in [2.75, 3.05) is 29.2 Å². The molecule has 1 aliphatic heterocycles. The predicted molar refractivity (Wildman–Crippen MR) is 79.7 cm³/mol. The summed E-state index contributed by atoms with van der Waals surface area (Å²) in [5.74, 6) is 5.32. The number of hydrogen-bond donors (Lipinski definition) is 2. The van der Waals surface area contributed by atoms with Crippen LogP contribution in [0.2, 0.25) is 0 Å². The Bertz CT molecular complexity index is 402. The molecule has 0 saturated carbocycles. The molecule has 0 aliphatic carbocycles. The van der Waals surface area contributed by atoms with E-state index in [0.29, 0.717) is 6.04 Å². The number of anilines is 2. The van der Waals surface area contributed by atoms with Gasteiger partial charge in [0.1, 0.15) is 17.5 Å². The first-order valence-corrected chi connectivity index (χ1v) is 7.79. The van der Waals surface area contributed by atoms with E-state index < -0.39 is 0 Å². The zero-order valence-corrected chi connectivity index (χ0v) is 12.2. The Morgan fingerprint density at radius 2 is 2.11 bits per heavy atom. The number of rotatable bonds is 5. The number of thioether (sulfide) groups is 1. The zero-order valence-electron chi connectivity index (χ0n) is 11.4. The van der Waals surface area contributed by atoms with Gasteiger partial charge in [-0.15, -0.1) is 0 Å². The van der Waals surface area contributed by atoms with Gasteiger partial charge in [0.2, 0.25) is 0 Å². The maximum atomic E-state index is 4.66. The van der Waals surface area contributed by atoms with Crippen LogP contribution in [0.4, 0.5) is 11.6 Å². The van der Waals surface area contributed by atoms with Gasteiger partial charge in [0.05, 0.1) is 0 Å². The van der Waals surface area contributed by atoms with Gasteiger partial charge in [0.15, 0.2) is 0 Å². The van der Waals surface area contributed by atoms with Crippen LogP contribution in [0, 0.1) is 6.92 Å². The van der Waals surface area contributed by atoms with E-state index in [1.165, 1.54) is 17.9 Å². The van der Waals surface area contributed by atoms with Crippen molar-refractivity contribution in [3.63, 3.8) is 0 Å². The molecule has 1 fully saturated rings. The van der Waals surface area contributed by atoms with Crippen LogP contribution in [-0.2, 0) is 6.42 Å². The Hall–Kier alpha value is -0.970. The van der Waals surface area contributed by atoms with Crippen LogP contribution in [0.15, 0.2) is 0 Å². The van der Waals surface area contributed by atoms with Crippen molar-refractivity contribution in [2.45, 2.75) is 39.2 Å². The van der Waals surface area contributed by atoms with Crippen LogP contribution >= 0.6 is 11.8 Å². The molecule has 0 bridgehead atoms. The van der Waals surface area contributed by atoms with E-state index in [9.17, 15) is 0 Å². The van der Waals surface area contributed by atoms with Crippen LogP contribution in [0.1, 0.15) is 31.2 Å². The monoisotopic (exact) mass is 266 g/mol. The van der Waals surface area contributed by atoms with Gasteiger partial charge in [-0.25, -0.2) is 9.97 Å². The van der Waals surface area contributed by atoms with E-state index in [2.05, 4.69) is 34.4 Å². The van der Waals surface area contributed by atoms with Gasteiger partial charge >= 0.3 is 0 Å². The number of aryl methyl sites for hydroxylation is 1. The summed E-state index contributed by atoms with van der Waals surface area (Å²) in [7, 11) is 1.92. The molecule has 1 unspecified atom stereocenters. The van der Waals surface area contributed by atoms with Gasteiger partial charge in [-0.1, -0.05) is 6.92 Å². The standard InChI is InChI=1S/C13H22N4S/c1-4-5-11-16-12(14-3)9(2)13(17-11)15-10-6-7-18-8-10/h10H,4-8H2,1-3H3,(H2,14,15,16,17). The van der Waals surface area contributed by atoms with Crippen molar-refractivity contribution < 1.29 is 0 Å². The first-order valence-electron chi connectivity index (χ1n) is 6.64. The maximum absolute atomic E-state index is 4.66. The van der Waals surface area contributed by atoms with E-state index in [4.69, 9.17) is 0 Å². The number of nitrogens with one attached hydrogen (secondary N) is 2. The first-order chi connectivity index (χ1) is 8.74. The lowest BCUT2D eigenvalue weighted by Crippen LogP contribution is -2.21. The quantitative estimate of drug-likeness (QED) is 0.858. The average Bonchev–Trinajstić information content (AvgIpc) is 2.86. The highest BCUT2D eigenvalue weighted by atomic mass is 32.2. The SMILES string of the molecule is CCCc1nc(NC)c(C)c(NC2CCSC2)n1. The minimum absolute atomic E-state index is 0.558. The van der Waals surface area contributed by atoms with Crippen molar-refractivity contribution in [3.05, 3.63) is 11.4 Å². The van der Waals surface area contributed by atoms with Gasteiger partial charge < -0.3 is 10.6 Å². The van der Waals surface area contributed by atoms with E-state index in [1.54, 1.807) is 0 Å². The minimum Gasteiger partial charge on any atom is -0.373 e. The third-order valence-electron chi connectivity index (χ3n) is 3.17. The third kappa shape index (κ3) is 3.07. The largest absolute Gasteiger partial charge is 0.373 e. The molecule has 18 heavy (non-hydrogen) atoms. The van der Waals surface area contributed by atoms with Gasteiger partial charge in [0.25, 0.3) is 0 Å². The van der Waals surface area contributed by atoms with Crippen LogP contribution in [-0.4, -0.2) is 34.6 Å². The molecule has 4 nitrogen and oxygen atoms in total. The van der Waals surface area contributed by atoms with Crippen LogP contribution < -0.4 is 10.6 Å². The number of nitrogens with zero attached hydrogens (tertiary/aromatic N) is 2. The zero-order chi connectivity index (χ0) is 13.0. The topological polar surface area (TPSA) is 49.8 Å². The molecule has 0 aromatic carbocycles. The average molecular weight is 266 g/mol. The van der Waals surface area contributed by atoms with Crippen LogP contribution in [0.25, 0.3) is 0 Å². The van der Waals surface area contributed by atoms with Crippen LogP contribution in [0.5, 0.6) is 0 Å². The second kappa shape index (κ2) is 6.27. The van der Waals surface area contributed by atoms with Crippen molar-refractivity contribution in [1.29, 1.82) is 0 Å². The highest BCUT2D eigenvalue weighted by molar-refractivity contribution is 7.99. The lowest BCUT2D eigenvalue weighted by molar-refractivity contribution is 0.788. The highest BCUT2D eigenvalue weighted by Gasteiger charge is 2.18. The summed E-state index contributed by atoms with van der Waals surface area (Å²) in [6.45, 7) is 4.23. The number of aromatic nitrogens is 2. The fourth-order valence-electron chi connectivity index (χ4n) is 2.12. The lowest BCUT2D eigenvalue weighted by Gasteiger charge is -2.17. The molecule has 1 aromatic rings. The van der Waals surface area contributed by atoms with Crippen molar-refractivity contribution in [3.8, 4) is 0 Å². The molecule has 1 saturated heterocycles. The Morgan fingerprint density at radius 3 is 2.72 bits per heavy atom. The molecule has 100 valence electrons. The third-order valence-corrected chi connectivity index (χ3v) is 4.34.